The van der Waals surface area contributed by atoms with Gasteiger partial charge in [0.25, 0.3) is 15.9 Å². The molecule has 12 nitrogen and oxygen atoms in total. The summed E-state index contributed by atoms with van der Waals surface area (Å²) in [6.45, 7) is 6.87. The van der Waals surface area contributed by atoms with Crippen molar-refractivity contribution in [1.82, 2.24) is 4.98 Å². The molecule has 0 radical (unpaired) electrons. The minimum Gasteiger partial charge on any atom is -0.495 e. The molecule has 1 N–H and O–H groups in total. The fourth-order valence-electron chi connectivity index (χ4n) is 4.25. The van der Waals surface area contributed by atoms with Crippen LogP contribution < -0.4 is 19.3 Å². The summed E-state index contributed by atoms with van der Waals surface area (Å²) in [6, 6.07) is 11.4. The van der Waals surface area contributed by atoms with E-state index in [9.17, 15) is 22.8 Å². The smallest absolute Gasteiger partial charge is 0.414 e. The van der Waals surface area contributed by atoms with Gasteiger partial charge in [0.1, 0.15) is 21.9 Å². The number of sulfonamides is 1. The van der Waals surface area contributed by atoms with Crippen molar-refractivity contribution in [3.63, 3.8) is 0 Å². The molecule has 4 rings (SSSR count). The number of amides is 2. The number of rotatable bonds is 7. The number of hydrogen-bond acceptors (Lipinski definition) is 9. The summed E-state index contributed by atoms with van der Waals surface area (Å²) in [5, 5.41) is 2.86. The van der Waals surface area contributed by atoms with Gasteiger partial charge in [0.05, 0.1) is 43.5 Å². The molecule has 0 saturated carbocycles. The van der Waals surface area contributed by atoms with Gasteiger partial charge in [-0.3, -0.25) is 14.0 Å². The summed E-state index contributed by atoms with van der Waals surface area (Å²) in [6.07, 6.45) is 0.630. The maximum Gasteiger partial charge on any atom is 0.414 e. The number of benzene rings is 2. The van der Waals surface area contributed by atoms with Crippen molar-refractivity contribution in [2.24, 2.45) is 0 Å². The molecular formula is C29H31ClN4O8S. The van der Waals surface area contributed by atoms with Crippen molar-refractivity contribution in [2.45, 2.75) is 38.2 Å². The minimum absolute atomic E-state index is 0.0198. The van der Waals surface area contributed by atoms with E-state index in [1.54, 1.807) is 27.7 Å². The first kappa shape index (κ1) is 31.6. The Balaban J connectivity index is 1.74. The molecule has 3 aromatic rings. The van der Waals surface area contributed by atoms with Crippen LogP contribution in [0, 0.1) is 0 Å². The summed E-state index contributed by atoms with van der Waals surface area (Å²) >= 11 is 6.14. The number of hydrogen-bond donors (Lipinski definition) is 1. The van der Waals surface area contributed by atoms with Crippen molar-refractivity contribution in [1.29, 1.82) is 0 Å². The molecule has 14 heteroatoms. The van der Waals surface area contributed by atoms with Crippen LogP contribution in [0.3, 0.4) is 0 Å². The van der Waals surface area contributed by atoms with Crippen LogP contribution in [-0.2, 0) is 19.5 Å². The lowest BCUT2D eigenvalue weighted by atomic mass is 10.1. The Hall–Kier alpha value is -4.36. The quantitative estimate of drug-likeness (QED) is 0.352. The van der Waals surface area contributed by atoms with Crippen molar-refractivity contribution in [3.05, 3.63) is 71.0 Å². The summed E-state index contributed by atoms with van der Waals surface area (Å²) < 4.78 is 44.9. The molecule has 43 heavy (non-hydrogen) atoms. The predicted octanol–water partition coefficient (Wildman–Crippen LogP) is 5.12. The fraction of sp³-hybridized carbons (Fsp3) is 0.310. The number of esters is 1. The molecule has 0 atom stereocenters. The third-order valence-corrected chi connectivity index (χ3v) is 8.21. The van der Waals surface area contributed by atoms with Gasteiger partial charge in [-0.05, 0) is 76.2 Å². The van der Waals surface area contributed by atoms with Gasteiger partial charge in [-0.25, -0.2) is 23.0 Å². The average molecular weight is 631 g/mol. The van der Waals surface area contributed by atoms with Gasteiger partial charge in [-0.15, -0.1) is 0 Å². The number of carbonyl (C=O) groups excluding carboxylic acids is 3. The van der Waals surface area contributed by atoms with E-state index in [2.05, 4.69) is 10.3 Å². The lowest BCUT2D eigenvalue weighted by Crippen LogP contribution is -2.48. The van der Waals surface area contributed by atoms with Gasteiger partial charge in [0.2, 0.25) is 0 Å². The largest absolute Gasteiger partial charge is 0.495 e. The lowest BCUT2D eigenvalue weighted by molar-refractivity contribution is 0.0518. The van der Waals surface area contributed by atoms with Crippen LogP contribution in [0.1, 0.15) is 48.5 Å². The molecule has 0 saturated heterocycles. The van der Waals surface area contributed by atoms with E-state index in [1.807, 2.05) is 0 Å². The maximum absolute atomic E-state index is 14.0. The van der Waals surface area contributed by atoms with E-state index >= 15 is 0 Å². The maximum atomic E-state index is 14.0. The van der Waals surface area contributed by atoms with E-state index in [0.29, 0.717) is 5.69 Å². The topological polar surface area (TPSA) is 144 Å². The predicted molar refractivity (Wildman–Crippen MR) is 161 cm³/mol. The van der Waals surface area contributed by atoms with Crippen LogP contribution in [0.2, 0.25) is 5.02 Å². The first-order chi connectivity index (χ1) is 20.2. The zero-order chi connectivity index (χ0) is 31.5. The first-order valence-corrected chi connectivity index (χ1v) is 15.0. The van der Waals surface area contributed by atoms with E-state index in [1.165, 1.54) is 66.7 Å². The lowest BCUT2D eigenvalue weighted by Gasteiger charge is -2.37. The van der Waals surface area contributed by atoms with Gasteiger partial charge < -0.3 is 19.5 Å². The average Bonchev–Trinajstić information content (AvgIpc) is 2.95. The van der Waals surface area contributed by atoms with Gasteiger partial charge >= 0.3 is 12.1 Å². The number of fused-ring (bicyclic) bond motifs is 1. The number of nitrogens with zero attached hydrogens (tertiary/aromatic N) is 3. The number of ether oxygens (including phenoxy) is 3. The van der Waals surface area contributed by atoms with Crippen LogP contribution in [0.5, 0.6) is 5.75 Å². The Morgan fingerprint density at radius 1 is 1.02 bits per heavy atom. The summed E-state index contributed by atoms with van der Waals surface area (Å²) in [5.74, 6) is -1.10. The molecule has 0 spiro atoms. The van der Waals surface area contributed by atoms with E-state index in [4.69, 9.17) is 25.8 Å². The molecule has 0 fully saturated rings. The van der Waals surface area contributed by atoms with Crippen LogP contribution in [-0.4, -0.2) is 63.8 Å². The Bertz CT molecular complexity index is 1660. The number of halogens is 1. The van der Waals surface area contributed by atoms with Gasteiger partial charge in [-0.1, -0.05) is 11.6 Å². The standard InChI is InChI=1S/C29H31ClN4O8S/c1-6-41-27(36)21-10-9-20(17-31-21)32-26(35)18-7-11-22-23(15-18)34(14-13-33(22)28(37)42-29(2,3)4)43(38,39)25-16-19(30)8-12-24(25)40-5/h7-12,15-17H,6,13-14H2,1-5H3,(H,32,35). The molecule has 1 aromatic heterocycles. The number of pyridine rings is 1. The van der Waals surface area contributed by atoms with Gasteiger partial charge in [-0.2, -0.15) is 0 Å². The Morgan fingerprint density at radius 2 is 1.77 bits per heavy atom. The van der Waals surface area contributed by atoms with Crippen LogP contribution in [0.4, 0.5) is 21.9 Å². The third-order valence-electron chi connectivity index (χ3n) is 6.14. The highest BCUT2D eigenvalue weighted by molar-refractivity contribution is 7.93. The van der Waals surface area contributed by atoms with E-state index in [0.717, 1.165) is 4.31 Å². The van der Waals surface area contributed by atoms with Crippen molar-refractivity contribution >= 4 is 56.7 Å². The Labute approximate surface area is 254 Å². The highest BCUT2D eigenvalue weighted by Crippen LogP contribution is 2.40. The molecule has 2 aromatic carbocycles. The van der Waals surface area contributed by atoms with Crippen LogP contribution >= 0.6 is 11.6 Å². The minimum atomic E-state index is -4.28. The molecular weight excluding hydrogens is 600 g/mol. The fourth-order valence-corrected chi connectivity index (χ4v) is 6.13. The molecule has 0 bridgehead atoms. The number of aromatic nitrogens is 1. The zero-order valence-electron chi connectivity index (χ0n) is 24.2. The normalized spacial score (nSPS) is 13.2. The Morgan fingerprint density at radius 3 is 2.40 bits per heavy atom. The number of anilines is 3. The number of carbonyl (C=O) groups is 3. The second-order valence-electron chi connectivity index (χ2n) is 10.3. The zero-order valence-corrected chi connectivity index (χ0v) is 25.8. The number of methoxy groups -OCH3 is 1. The number of nitrogens with one attached hydrogen (secondary N) is 1. The second kappa shape index (κ2) is 12.5. The monoisotopic (exact) mass is 630 g/mol. The Kier molecular flexibility index (Phi) is 9.16. The van der Waals surface area contributed by atoms with Crippen LogP contribution in [0.15, 0.2) is 59.6 Å². The molecule has 1 aliphatic rings. The molecule has 2 amide bonds. The summed E-state index contributed by atoms with van der Waals surface area (Å²) in [4.78, 5) is 43.4. The highest BCUT2D eigenvalue weighted by Gasteiger charge is 2.37. The summed E-state index contributed by atoms with van der Waals surface area (Å²) in [7, 11) is -2.94. The SMILES string of the molecule is CCOC(=O)c1ccc(NC(=O)c2ccc3c(c2)N(S(=O)(=O)c2cc(Cl)ccc2OC)CCN3C(=O)OC(C)(C)C)cn1. The second-order valence-corrected chi connectivity index (χ2v) is 12.6. The van der Waals surface area contributed by atoms with Crippen molar-refractivity contribution < 1.29 is 37.0 Å². The molecule has 2 heterocycles. The summed E-state index contributed by atoms with van der Waals surface area (Å²) in [5.41, 5.74) is -0.0414. The third kappa shape index (κ3) is 7.00. The van der Waals surface area contributed by atoms with E-state index < -0.39 is 33.6 Å². The van der Waals surface area contributed by atoms with Crippen LogP contribution in [0.25, 0.3) is 0 Å². The molecule has 0 aliphatic carbocycles. The van der Waals surface area contributed by atoms with Crippen molar-refractivity contribution in [3.8, 4) is 5.75 Å². The van der Waals surface area contributed by atoms with Crippen molar-refractivity contribution in [2.75, 3.05) is 41.3 Å². The molecule has 0 unspecified atom stereocenters. The molecule has 1 aliphatic heterocycles. The van der Waals surface area contributed by atoms with Gasteiger partial charge in [0.15, 0.2) is 0 Å². The van der Waals surface area contributed by atoms with Gasteiger partial charge in [0, 0.05) is 17.1 Å². The first-order valence-electron chi connectivity index (χ1n) is 13.2. The molecule has 228 valence electrons. The van der Waals surface area contributed by atoms with E-state index in [-0.39, 0.29) is 58.0 Å². The highest BCUT2D eigenvalue weighted by atomic mass is 35.5.